The largest absolute Gasteiger partial charge is 0.496 e. The van der Waals surface area contributed by atoms with E-state index in [4.69, 9.17) is 4.74 Å². The van der Waals surface area contributed by atoms with Gasteiger partial charge in [0.2, 0.25) is 0 Å². The van der Waals surface area contributed by atoms with Gasteiger partial charge in [-0.3, -0.25) is 0 Å². The molecule has 0 aliphatic heterocycles. The standard InChI is InChI=1S/C12H15BrO2/c1-15-11-4-2-3-10(13)9(11)7-12(8-14)5-6-12/h2-4,14H,5-8H2,1H3. The summed E-state index contributed by atoms with van der Waals surface area (Å²) in [6.45, 7) is 0.275. The van der Waals surface area contributed by atoms with Crippen LogP contribution in [0.2, 0.25) is 0 Å². The number of methoxy groups -OCH3 is 1. The quantitative estimate of drug-likeness (QED) is 0.912. The fourth-order valence-corrected chi connectivity index (χ4v) is 2.33. The smallest absolute Gasteiger partial charge is 0.123 e. The first kappa shape index (κ1) is 11.0. The van der Waals surface area contributed by atoms with E-state index in [0.29, 0.717) is 0 Å². The number of hydrogen-bond acceptors (Lipinski definition) is 2. The van der Waals surface area contributed by atoms with Crippen LogP contribution < -0.4 is 4.74 Å². The van der Waals surface area contributed by atoms with Gasteiger partial charge in [0.05, 0.1) is 7.11 Å². The van der Waals surface area contributed by atoms with Crippen molar-refractivity contribution in [2.75, 3.05) is 13.7 Å². The van der Waals surface area contributed by atoms with Gasteiger partial charge in [-0.2, -0.15) is 0 Å². The number of ether oxygens (including phenoxy) is 1. The van der Waals surface area contributed by atoms with E-state index in [0.717, 1.165) is 29.5 Å². The summed E-state index contributed by atoms with van der Waals surface area (Å²) in [6, 6.07) is 5.95. The molecule has 1 N–H and O–H groups in total. The molecule has 0 saturated heterocycles. The van der Waals surface area contributed by atoms with E-state index in [1.807, 2.05) is 18.2 Å². The second kappa shape index (κ2) is 4.14. The van der Waals surface area contributed by atoms with Gasteiger partial charge in [-0.05, 0) is 36.8 Å². The molecule has 1 aromatic carbocycles. The average molecular weight is 271 g/mol. The summed E-state index contributed by atoms with van der Waals surface area (Å²) in [6.07, 6.45) is 3.13. The Bertz CT molecular complexity index is 359. The Kier molecular flexibility index (Phi) is 3.03. The van der Waals surface area contributed by atoms with Gasteiger partial charge in [0.1, 0.15) is 5.75 Å². The second-order valence-electron chi connectivity index (χ2n) is 4.26. The fraction of sp³-hybridized carbons (Fsp3) is 0.500. The van der Waals surface area contributed by atoms with Gasteiger partial charge >= 0.3 is 0 Å². The van der Waals surface area contributed by atoms with E-state index < -0.39 is 0 Å². The van der Waals surface area contributed by atoms with Crippen molar-refractivity contribution in [3.05, 3.63) is 28.2 Å². The first-order valence-electron chi connectivity index (χ1n) is 5.13. The molecule has 1 aliphatic carbocycles. The summed E-state index contributed by atoms with van der Waals surface area (Å²) in [5, 5.41) is 9.32. The van der Waals surface area contributed by atoms with Crippen molar-refractivity contribution in [3.63, 3.8) is 0 Å². The predicted molar refractivity (Wildman–Crippen MR) is 63.2 cm³/mol. The Morgan fingerprint density at radius 2 is 2.20 bits per heavy atom. The summed E-state index contributed by atoms with van der Waals surface area (Å²) in [4.78, 5) is 0. The van der Waals surface area contributed by atoms with Crippen LogP contribution in [0.15, 0.2) is 22.7 Å². The van der Waals surface area contributed by atoms with Gasteiger partial charge in [-0.15, -0.1) is 0 Å². The van der Waals surface area contributed by atoms with Crippen LogP contribution in [0.3, 0.4) is 0 Å². The average Bonchev–Trinajstić information content (AvgIpc) is 3.02. The second-order valence-corrected chi connectivity index (χ2v) is 5.11. The first-order valence-corrected chi connectivity index (χ1v) is 5.92. The summed E-state index contributed by atoms with van der Waals surface area (Å²) in [5.74, 6) is 0.907. The highest BCUT2D eigenvalue weighted by Crippen LogP contribution is 2.49. The van der Waals surface area contributed by atoms with Crippen LogP contribution in [0.5, 0.6) is 5.75 Å². The molecule has 2 nitrogen and oxygen atoms in total. The lowest BCUT2D eigenvalue weighted by atomic mass is 9.97. The number of hydrogen-bond donors (Lipinski definition) is 1. The van der Waals surface area contributed by atoms with Gasteiger partial charge < -0.3 is 9.84 Å². The van der Waals surface area contributed by atoms with E-state index in [2.05, 4.69) is 15.9 Å². The molecule has 1 aliphatic rings. The van der Waals surface area contributed by atoms with Crippen molar-refractivity contribution >= 4 is 15.9 Å². The van der Waals surface area contributed by atoms with Gasteiger partial charge in [0.25, 0.3) is 0 Å². The minimum atomic E-state index is 0.122. The summed E-state index contributed by atoms with van der Waals surface area (Å²) in [7, 11) is 1.68. The van der Waals surface area contributed by atoms with E-state index in [1.165, 1.54) is 5.56 Å². The van der Waals surface area contributed by atoms with Crippen LogP contribution in [0.25, 0.3) is 0 Å². The SMILES string of the molecule is COc1cccc(Br)c1CC1(CO)CC1. The van der Waals surface area contributed by atoms with Crippen molar-refractivity contribution in [2.45, 2.75) is 19.3 Å². The highest BCUT2D eigenvalue weighted by Gasteiger charge is 2.42. The zero-order valence-electron chi connectivity index (χ0n) is 8.79. The number of aliphatic hydroxyl groups excluding tert-OH is 1. The van der Waals surface area contributed by atoms with Crippen molar-refractivity contribution in [1.29, 1.82) is 0 Å². The Labute approximate surface area is 98.4 Å². The molecule has 0 spiro atoms. The minimum Gasteiger partial charge on any atom is -0.496 e. The summed E-state index contributed by atoms with van der Waals surface area (Å²) >= 11 is 3.54. The Hall–Kier alpha value is -0.540. The van der Waals surface area contributed by atoms with E-state index in [1.54, 1.807) is 7.11 Å². The molecule has 1 aromatic rings. The van der Waals surface area contributed by atoms with E-state index in [-0.39, 0.29) is 12.0 Å². The maximum Gasteiger partial charge on any atom is 0.123 e. The topological polar surface area (TPSA) is 29.5 Å². The molecule has 0 radical (unpaired) electrons. The molecular weight excluding hydrogens is 256 g/mol. The molecule has 1 saturated carbocycles. The fourth-order valence-electron chi connectivity index (χ4n) is 1.84. The summed E-state index contributed by atoms with van der Waals surface area (Å²) < 4.78 is 6.40. The molecule has 2 rings (SSSR count). The highest BCUT2D eigenvalue weighted by molar-refractivity contribution is 9.10. The molecule has 0 unspecified atom stereocenters. The maximum atomic E-state index is 9.32. The van der Waals surface area contributed by atoms with Crippen LogP contribution in [0, 0.1) is 5.41 Å². The molecule has 15 heavy (non-hydrogen) atoms. The number of aliphatic hydroxyl groups is 1. The van der Waals surface area contributed by atoms with Crippen LogP contribution in [0.4, 0.5) is 0 Å². The lowest BCUT2D eigenvalue weighted by Gasteiger charge is -2.15. The van der Waals surface area contributed by atoms with Gasteiger partial charge in [-0.25, -0.2) is 0 Å². The highest BCUT2D eigenvalue weighted by atomic mass is 79.9. The normalized spacial score (nSPS) is 17.5. The van der Waals surface area contributed by atoms with Crippen molar-refractivity contribution in [2.24, 2.45) is 5.41 Å². The third-order valence-corrected chi connectivity index (χ3v) is 3.88. The van der Waals surface area contributed by atoms with E-state index in [9.17, 15) is 5.11 Å². The molecule has 0 bridgehead atoms. The van der Waals surface area contributed by atoms with Crippen LogP contribution >= 0.6 is 15.9 Å². The van der Waals surface area contributed by atoms with Gasteiger partial charge in [0.15, 0.2) is 0 Å². The van der Waals surface area contributed by atoms with Gasteiger partial charge in [-0.1, -0.05) is 22.0 Å². The molecule has 0 aromatic heterocycles. The summed E-state index contributed by atoms with van der Waals surface area (Å²) in [5.41, 5.74) is 1.29. The lowest BCUT2D eigenvalue weighted by Crippen LogP contribution is -2.11. The van der Waals surface area contributed by atoms with Crippen molar-refractivity contribution < 1.29 is 9.84 Å². The molecule has 0 heterocycles. The first-order chi connectivity index (χ1) is 7.21. The van der Waals surface area contributed by atoms with E-state index >= 15 is 0 Å². The molecule has 3 heteroatoms. The lowest BCUT2D eigenvalue weighted by molar-refractivity contribution is 0.210. The Balaban J connectivity index is 2.26. The van der Waals surface area contributed by atoms with Crippen molar-refractivity contribution in [3.8, 4) is 5.75 Å². The van der Waals surface area contributed by atoms with Crippen molar-refractivity contribution in [1.82, 2.24) is 0 Å². The van der Waals surface area contributed by atoms with Crippen LogP contribution in [-0.2, 0) is 6.42 Å². The monoisotopic (exact) mass is 270 g/mol. The number of benzene rings is 1. The molecule has 0 amide bonds. The molecular formula is C12H15BrO2. The third kappa shape index (κ3) is 2.18. The third-order valence-electron chi connectivity index (χ3n) is 3.14. The van der Waals surface area contributed by atoms with Crippen LogP contribution in [-0.4, -0.2) is 18.8 Å². The zero-order valence-corrected chi connectivity index (χ0v) is 10.4. The Morgan fingerprint density at radius 1 is 1.47 bits per heavy atom. The molecule has 0 atom stereocenters. The van der Waals surface area contributed by atoms with Crippen LogP contribution in [0.1, 0.15) is 18.4 Å². The molecule has 82 valence electrons. The molecule has 1 fully saturated rings. The maximum absolute atomic E-state index is 9.32. The number of halogens is 1. The number of rotatable bonds is 4. The predicted octanol–water partition coefficient (Wildman–Crippen LogP) is 2.77. The Morgan fingerprint density at radius 3 is 2.73 bits per heavy atom. The minimum absolute atomic E-state index is 0.122. The van der Waals surface area contributed by atoms with Gasteiger partial charge in [0, 0.05) is 16.6 Å². The zero-order chi connectivity index (χ0) is 10.9.